The lowest BCUT2D eigenvalue weighted by Crippen LogP contribution is -2.70. The summed E-state index contributed by atoms with van der Waals surface area (Å²) in [6, 6.07) is -6.78. The van der Waals surface area contributed by atoms with Gasteiger partial charge >= 0.3 is 5.97 Å². The molecule has 0 spiro atoms. The van der Waals surface area contributed by atoms with Gasteiger partial charge in [-0.1, -0.05) is 0 Å². The molecule has 0 saturated carbocycles. The van der Waals surface area contributed by atoms with Crippen molar-refractivity contribution in [3.8, 4) is 0 Å². The second-order valence-corrected chi connectivity index (χ2v) is 21.2. The van der Waals surface area contributed by atoms with Crippen LogP contribution in [0.5, 0.6) is 0 Å². The summed E-state index contributed by atoms with van der Waals surface area (Å²) in [7, 11) is 0. The molecule has 22 N–H and O–H groups in total. The molecule has 6 aliphatic heterocycles. The smallest absolute Gasteiger partial charge is 0.364 e. The van der Waals surface area contributed by atoms with Gasteiger partial charge in [-0.25, -0.2) is 4.79 Å². The van der Waals surface area contributed by atoms with Crippen LogP contribution in [0.25, 0.3) is 0 Å². The lowest BCUT2D eigenvalue weighted by molar-refractivity contribution is -0.370. The molecule has 38 heteroatoms. The van der Waals surface area contributed by atoms with Crippen LogP contribution >= 0.6 is 0 Å². The molecule has 1 unspecified atom stereocenters. The van der Waals surface area contributed by atoms with Crippen molar-refractivity contribution in [2.45, 2.75) is 224 Å². The number of aliphatic hydroxyl groups excluding tert-OH is 17. The van der Waals surface area contributed by atoms with Gasteiger partial charge in [0.25, 0.3) is 5.79 Å². The maximum atomic E-state index is 12.8. The standard InChI is InChI=1S/C47H78N4O34/c1-12(56)48-23-16(60)5-47(46(73)74,85-40(23)27(62)17(61)6-52)76-11-22-29(64)31(66)24(49-13(2)57)43(81-22)82-38-20(9-55)80-45(36(71)34(38)69)84-39-26(51-15(4)59)41(72)77-21(30(39)65)10-75-42-25(50-14(3)58)32(67)37(19(8-54)79-42)83-44-35(70)33(68)28(63)18(7-53)78-44/h16-45,52-55,60-72H,5-11H2,1-4H3,(H,48,56)(H,49,57)(H,50,58)(H,51,59)(H,73,74)/t16-,17+,18+,19+,20+,21+,22+,23+,24+,25+,26+,27+,28-,29+,30-,31+,32+,33-,34+,35+,36+,37+,38-,39+,40+,41?,42+,43-,44-,45-,47+/m0/s1. The number of aliphatic hydroxyl groups is 17. The van der Waals surface area contributed by atoms with E-state index >= 15 is 0 Å². The summed E-state index contributed by atoms with van der Waals surface area (Å²) in [5.74, 6) is -8.28. The Labute approximate surface area is 481 Å². The molecule has 6 rings (SSSR count). The van der Waals surface area contributed by atoms with Gasteiger partial charge in [0, 0.05) is 34.1 Å². The van der Waals surface area contributed by atoms with E-state index in [0.717, 1.165) is 27.7 Å². The highest BCUT2D eigenvalue weighted by molar-refractivity contribution is 5.77. The number of carboxylic acids is 1. The molecule has 0 radical (unpaired) electrons. The predicted octanol–water partition coefficient (Wildman–Crippen LogP) is -14.3. The fourth-order valence-corrected chi connectivity index (χ4v) is 10.6. The molecule has 0 aromatic rings. The Bertz CT molecular complexity index is 2210. The Morgan fingerprint density at radius 1 is 0.482 bits per heavy atom. The minimum Gasteiger partial charge on any atom is -0.477 e. The van der Waals surface area contributed by atoms with E-state index in [1.54, 1.807) is 0 Å². The molecular weight excluding hydrogens is 1160 g/mol. The molecule has 6 fully saturated rings. The Balaban J connectivity index is 1.18. The zero-order valence-electron chi connectivity index (χ0n) is 45.9. The summed E-state index contributed by atoms with van der Waals surface area (Å²) < 4.78 is 63.0. The van der Waals surface area contributed by atoms with Crippen molar-refractivity contribution in [3.63, 3.8) is 0 Å². The average Bonchev–Trinajstić information content (AvgIpc) is 2.63. The number of carboxylic acid groups (broad SMARTS) is 1. The molecule has 4 amide bonds. The fraction of sp³-hybridized carbons (Fsp3) is 0.894. The van der Waals surface area contributed by atoms with E-state index in [0.29, 0.717) is 0 Å². The second-order valence-electron chi connectivity index (χ2n) is 21.2. The Morgan fingerprint density at radius 3 is 1.47 bits per heavy atom. The van der Waals surface area contributed by atoms with E-state index in [4.69, 9.17) is 52.1 Å². The van der Waals surface area contributed by atoms with Crippen LogP contribution in [0.4, 0.5) is 0 Å². The largest absolute Gasteiger partial charge is 0.477 e. The Hall–Kier alpha value is -3.77. The van der Waals surface area contributed by atoms with Crippen LogP contribution in [0.2, 0.25) is 0 Å². The number of carbonyl (C=O) groups excluding carboxylic acids is 4. The van der Waals surface area contributed by atoms with Gasteiger partial charge in [0.1, 0.15) is 140 Å². The van der Waals surface area contributed by atoms with Crippen LogP contribution in [0, 0.1) is 0 Å². The van der Waals surface area contributed by atoms with Crippen molar-refractivity contribution in [3.05, 3.63) is 0 Å². The summed E-state index contributed by atoms with van der Waals surface area (Å²) >= 11 is 0. The highest BCUT2D eigenvalue weighted by Gasteiger charge is 2.59. The average molecular weight is 1240 g/mol. The summed E-state index contributed by atoms with van der Waals surface area (Å²) in [4.78, 5) is 62.1. The topological polar surface area (TPSA) is 599 Å². The number of hydrogen-bond donors (Lipinski definition) is 22. The second kappa shape index (κ2) is 30.2. The molecule has 6 aliphatic rings. The first kappa shape index (κ1) is 70.3. The highest BCUT2D eigenvalue weighted by atomic mass is 16.8. The highest BCUT2D eigenvalue weighted by Crippen LogP contribution is 2.37. The number of rotatable bonds is 23. The van der Waals surface area contributed by atoms with Crippen LogP contribution in [0.3, 0.4) is 0 Å². The number of carbonyl (C=O) groups is 5. The minimum atomic E-state index is -3.00. The number of ether oxygens (including phenoxy) is 11. The number of nitrogens with one attached hydrogen (secondary N) is 4. The normalized spacial score (nSPS) is 45.0. The van der Waals surface area contributed by atoms with Gasteiger partial charge < -0.3 is 165 Å². The van der Waals surface area contributed by atoms with Crippen molar-refractivity contribution >= 4 is 29.6 Å². The Morgan fingerprint density at radius 2 is 0.929 bits per heavy atom. The van der Waals surface area contributed by atoms with Crippen molar-refractivity contribution in [2.75, 3.05) is 39.6 Å². The predicted molar refractivity (Wildman–Crippen MR) is 263 cm³/mol. The summed E-state index contributed by atoms with van der Waals surface area (Å²) in [6.07, 6.45) is -51.8. The zero-order valence-corrected chi connectivity index (χ0v) is 45.9. The molecule has 6 heterocycles. The summed E-state index contributed by atoms with van der Waals surface area (Å²) in [5, 5.41) is 203. The van der Waals surface area contributed by atoms with Gasteiger partial charge in [0.2, 0.25) is 23.6 Å². The van der Waals surface area contributed by atoms with Crippen molar-refractivity contribution < 1.29 is 168 Å². The number of aliphatic carboxylic acids is 1. The van der Waals surface area contributed by atoms with Gasteiger partial charge in [-0.05, 0) is 0 Å². The maximum Gasteiger partial charge on any atom is 0.364 e. The van der Waals surface area contributed by atoms with Crippen LogP contribution in [0.1, 0.15) is 34.1 Å². The molecule has 31 atom stereocenters. The first-order valence-electron chi connectivity index (χ1n) is 26.7. The molecule has 38 nitrogen and oxygen atoms in total. The molecule has 85 heavy (non-hydrogen) atoms. The van der Waals surface area contributed by atoms with Crippen molar-refractivity contribution in [1.82, 2.24) is 21.3 Å². The minimum absolute atomic E-state index is 0.794. The summed E-state index contributed by atoms with van der Waals surface area (Å²) in [5.41, 5.74) is 0. The van der Waals surface area contributed by atoms with E-state index in [-0.39, 0.29) is 0 Å². The summed E-state index contributed by atoms with van der Waals surface area (Å²) in [6.45, 7) is -2.02. The van der Waals surface area contributed by atoms with E-state index in [1.807, 2.05) is 0 Å². The SMILES string of the molecule is CC(=O)N[C@H]1[C@H](OC[C@H]2OC(O)[C@H](NC(C)=O)[C@@H](O[C@@H]3O[C@H](CO)[C@H](O[C@@H]4O[C@H](CO[C@]5(C(=O)O)C[C@H](O)[C@@H](NC(C)=O)[C@H]([C@H](O)[C@H](O)CO)O5)[C@@H](O)[C@H](O)[C@H]4NC(C)=O)[C@H](O)[C@H]3O)[C@H]2O)O[C@H](CO)[C@@H](O[C@@H]2O[C@H](CO)[C@H](O)[C@H](O)[C@H]2O)[C@@H]1O. The van der Waals surface area contributed by atoms with Crippen LogP contribution < -0.4 is 21.3 Å². The van der Waals surface area contributed by atoms with E-state index in [2.05, 4.69) is 21.3 Å². The molecule has 0 aromatic carbocycles. The Kier molecular flexibility index (Phi) is 24.9. The van der Waals surface area contributed by atoms with Crippen molar-refractivity contribution in [1.29, 1.82) is 0 Å². The number of amides is 4. The van der Waals surface area contributed by atoms with Crippen LogP contribution in [-0.2, 0) is 76.1 Å². The monoisotopic (exact) mass is 1240 g/mol. The van der Waals surface area contributed by atoms with E-state index < -0.39 is 265 Å². The first-order chi connectivity index (χ1) is 39.9. The molecular formula is C47H78N4O34. The fourth-order valence-electron chi connectivity index (χ4n) is 10.6. The molecule has 0 aromatic heterocycles. The van der Waals surface area contributed by atoms with Gasteiger partial charge in [0.15, 0.2) is 31.5 Å². The molecule has 490 valence electrons. The zero-order chi connectivity index (χ0) is 63.3. The third-order valence-electron chi connectivity index (χ3n) is 15.0. The third kappa shape index (κ3) is 16.0. The number of hydrogen-bond acceptors (Lipinski definition) is 33. The van der Waals surface area contributed by atoms with Gasteiger partial charge in [-0.3, -0.25) is 19.2 Å². The van der Waals surface area contributed by atoms with Crippen LogP contribution in [-0.4, -0.2) is 351 Å². The molecule has 6 saturated heterocycles. The quantitative estimate of drug-likeness (QED) is 0.0452. The van der Waals surface area contributed by atoms with E-state index in [9.17, 15) is 116 Å². The lowest BCUT2D eigenvalue weighted by Gasteiger charge is -2.49. The van der Waals surface area contributed by atoms with Gasteiger partial charge in [0.05, 0.1) is 51.8 Å². The molecule has 0 aliphatic carbocycles. The van der Waals surface area contributed by atoms with Gasteiger partial charge in [-0.2, -0.15) is 0 Å². The van der Waals surface area contributed by atoms with Crippen molar-refractivity contribution in [2.24, 2.45) is 0 Å². The third-order valence-corrected chi connectivity index (χ3v) is 15.0. The lowest BCUT2D eigenvalue weighted by atomic mass is 9.88. The first-order valence-corrected chi connectivity index (χ1v) is 26.7. The van der Waals surface area contributed by atoms with Crippen LogP contribution in [0.15, 0.2) is 0 Å². The maximum absolute atomic E-state index is 12.8. The van der Waals surface area contributed by atoms with E-state index in [1.165, 1.54) is 0 Å². The molecule has 0 bridgehead atoms. The van der Waals surface area contributed by atoms with Gasteiger partial charge in [-0.15, -0.1) is 0 Å².